The molecule has 0 bridgehead atoms. The first-order valence-electron chi connectivity index (χ1n) is 6.42. The van der Waals surface area contributed by atoms with Crippen molar-refractivity contribution < 1.29 is 18.7 Å². The molecule has 0 spiro atoms. The number of amides is 1. The lowest BCUT2D eigenvalue weighted by Crippen LogP contribution is -2.16. The Morgan fingerprint density at radius 3 is 2.50 bits per heavy atom. The van der Waals surface area contributed by atoms with Crippen molar-refractivity contribution in [1.29, 1.82) is 0 Å². The number of anilines is 1. The van der Waals surface area contributed by atoms with Crippen LogP contribution >= 0.6 is 11.6 Å². The van der Waals surface area contributed by atoms with E-state index in [1.54, 1.807) is 24.3 Å². The number of ether oxygens (including phenoxy) is 1. The molecule has 0 heterocycles. The molecule has 0 saturated heterocycles. The van der Waals surface area contributed by atoms with Crippen LogP contribution in [0.1, 0.15) is 15.9 Å². The number of carbonyl (C=O) groups excluding carboxylic acids is 2. The quantitative estimate of drug-likeness (QED) is 0.878. The average Bonchev–Trinajstić information content (AvgIpc) is 2.51. The molecule has 0 aromatic heterocycles. The van der Waals surface area contributed by atoms with Crippen molar-refractivity contribution in [3.8, 4) is 0 Å². The van der Waals surface area contributed by atoms with Gasteiger partial charge in [-0.15, -0.1) is 0 Å². The zero-order valence-electron chi connectivity index (χ0n) is 11.7. The molecule has 0 aliphatic carbocycles. The van der Waals surface area contributed by atoms with E-state index in [4.69, 9.17) is 11.6 Å². The first-order chi connectivity index (χ1) is 10.5. The summed E-state index contributed by atoms with van der Waals surface area (Å²) in [7, 11) is 1.23. The van der Waals surface area contributed by atoms with Gasteiger partial charge >= 0.3 is 5.97 Å². The van der Waals surface area contributed by atoms with E-state index in [2.05, 4.69) is 10.1 Å². The van der Waals surface area contributed by atoms with Gasteiger partial charge in [-0.05, 0) is 35.9 Å². The molecule has 114 valence electrons. The molecule has 0 aliphatic rings. The van der Waals surface area contributed by atoms with Crippen molar-refractivity contribution in [1.82, 2.24) is 0 Å². The predicted molar refractivity (Wildman–Crippen MR) is 81.5 cm³/mol. The Hall–Kier alpha value is -2.40. The molecule has 4 nitrogen and oxygen atoms in total. The third-order valence-corrected chi connectivity index (χ3v) is 3.19. The summed E-state index contributed by atoms with van der Waals surface area (Å²) in [5.41, 5.74) is 0.832. The largest absolute Gasteiger partial charge is 0.465 e. The van der Waals surface area contributed by atoms with Gasteiger partial charge in [0.1, 0.15) is 5.82 Å². The molecule has 0 radical (unpaired) electrons. The monoisotopic (exact) mass is 321 g/mol. The van der Waals surface area contributed by atoms with Gasteiger partial charge in [0.2, 0.25) is 5.91 Å². The fourth-order valence-electron chi connectivity index (χ4n) is 1.85. The predicted octanol–water partition coefficient (Wildman–Crippen LogP) is 3.45. The Bertz CT molecular complexity index is 701. The summed E-state index contributed by atoms with van der Waals surface area (Å²) in [5.74, 6) is -1.63. The molecule has 2 rings (SSSR count). The number of hydrogen-bond donors (Lipinski definition) is 1. The van der Waals surface area contributed by atoms with Crippen LogP contribution in [0.25, 0.3) is 0 Å². The molecular formula is C16H13ClFNO3. The van der Waals surface area contributed by atoms with Crippen LogP contribution in [0.3, 0.4) is 0 Å². The lowest BCUT2D eigenvalue weighted by atomic mass is 10.1. The number of rotatable bonds is 4. The van der Waals surface area contributed by atoms with Gasteiger partial charge in [-0.3, -0.25) is 4.79 Å². The fraction of sp³-hybridized carbons (Fsp3) is 0.125. The first kappa shape index (κ1) is 16.0. The summed E-state index contributed by atoms with van der Waals surface area (Å²) < 4.78 is 18.3. The van der Waals surface area contributed by atoms with E-state index >= 15 is 0 Å². The van der Waals surface area contributed by atoms with Crippen molar-refractivity contribution in [2.45, 2.75) is 6.42 Å². The molecular weight excluding hydrogens is 309 g/mol. The zero-order chi connectivity index (χ0) is 16.1. The van der Waals surface area contributed by atoms with Crippen LogP contribution in [0.2, 0.25) is 5.02 Å². The number of esters is 1. The third kappa shape index (κ3) is 4.05. The van der Waals surface area contributed by atoms with Crippen LogP contribution in [-0.2, 0) is 16.0 Å². The van der Waals surface area contributed by atoms with Gasteiger partial charge in [0.25, 0.3) is 0 Å². The summed E-state index contributed by atoms with van der Waals surface area (Å²) in [4.78, 5) is 23.4. The molecule has 0 fully saturated rings. The molecule has 1 amide bonds. The van der Waals surface area contributed by atoms with Gasteiger partial charge in [0, 0.05) is 5.02 Å². The van der Waals surface area contributed by atoms with Crippen molar-refractivity contribution in [3.05, 3.63) is 64.4 Å². The van der Waals surface area contributed by atoms with Gasteiger partial charge < -0.3 is 10.1 Å². The zero-order valence-corrected chi connectivity index (χ0v) is 12.5. The molecule has 0 atom stereocenters. The lowest BCUT2D eigenvalue weighted by Gasteiger charge is -2.08. The van der Waals surface area contributed by atoms with Crippen molar-refractivity contribution in [2.75, 3.05) is 12.4 Å². The van der Waals surface area contributed by atoms with Crippen LogP contribution in [-0.4, -0.2) is 19.0 Å². The van der Waals surface area contributed by atoms with Crippen LogP contribution in [0.15, 0.2) is 42.5 Å². The van der Waals surface area contributed by atoms with E-state index in [1.165, 1.54) is 19.2 Å². The van der Waals surface area contributed by atoms with Gasteiger partial charge in [0.15, 0.2) is 0 Å². The Labute approximate surface area is 131 Å². The maximum atomic E-state index is 13.7. The molecule has 2 aromatic carbocycles. The number of carbonyl (C=O) groups is 2. The Kier molecular flexibility index (Phi) is 5.12. The van der Waals surface area contributed by atoms with Crippen LogP contribution in [0, 0.1) is 5.82 Å². The SMILES string of the molecule is COC(=O)c1ccc(F)c(NC(=O)Cc2ccc(Cl)cc2)c1. The highest BCUT2D eigenvalue weighted by Crippen LogP contribution is 2.17. The van der Waals surface area contributed by atoms with E-state index in [0.29, 0.717) is 5.02 Å². The summed E-state index contributed by atoms with van der Waals surface area (Å²) in [5, 5.41) is 3.01. The van der Waals surface area contributed by atoms with Crippen LogP contribution in [0.4, 0.5) is 10.1 Å². The van der Waals surface area contributed by atoms with Gasteiger partial charge in [0.05, 0.1) is 24.8 Å². The molecule has 0 saturated carbocycles. The van der Waals surface area contributed by atoms with E-state index in [9.17, 15) is 14.0 Å². The van der Waals surface area contributed by atoms with Crippen LogP contribution in [0.5, 0.6) is 0 Å². The number of methoxy groups -OCH3 is 1. The summed E-state index contributed by atoms with van der Waals surface area (Å²) in [6, 6.07) is 10.4. The normalized spacial score (nSPS) is 10.1. The Morgan fingerprint density at radius 2 is 1.86 bits per heavy atom. The molecule has 0 unspecified atom stereocenters. The third-order valence-electron chi connectivity index (χ3n) is 2.94. The number of halogens is 2. The van der Waals surface area contributed by atoms with Crippen LogP contribution < -0.4 is 5.32 Å². The average molecular weight is 322 g/mol. The number of hydrogen-bond acceptors (Lipinski definition) is 3. The van der Waals surface area contributed by atoms with Crippen molar-refractivity contribution in [2.24, 2.45) is 0 Å². The molecule has 1 N–H and O–H groups in total. The second-order valence-electron chi connectivity index (χ2n) is 4.54. The molecule has 0 aliphatic heterocycles. The van der Waals surface area contributed by atoms with E-state index in [1.807, 2.05) is 0 Å². The Balaban J connectivity index is 2.10. The fourth-order valence-corrected chi connectivity index (χ4v) is 1.97. The minimum Gasteiger partial charge on any atom is -0.465 e. The smallest absolute Gasteiger partial charge is 0.337 e. The standard InChI is InChI=1S/C16H13ClFNO3/c1-22-16(21)11-4-7-13(18)14(9-11)19-15(20)8-10-2-5-12(17)6-3-10/h2-7,9H,8H2,1H3,(H,19,20). The van der Waals surface area contributed by atoms with Crippen molar-refractivity contribution in [3.63, 3.8) is 0 Å². The van der Waals surface area contributed by atoms with Gasteiger partial charge in [-0.1, -0.05) is 23.7 Å². The van der Waals surface area contributed by atoms with E-state index in [0.717, 1.165) is 11.6 Å². The molecule has 2 aromatic rings. The van der Waals surface area contributed by atoms with E-state index in [-0.39, 0.29) is 17.7 Å². The second-order valence-corrected chi connectivity index (χ2v) is 4.97. The summed E-state index contributed by atoms with van der Waals surface area (Å²) in [6.45, 7) is 0. The molecule has 22 heavy (non-hydrogen) atoms. The minimum atomic E-state index is -0.628. The first-order valence-corrected chi connectivity index (χ1v) is 6.79. The minimum absolute atomic E-state index is 0.0677. The highest BCUT2D eigenvalue weighted by atomic mass is 35.5. The second kappa shape index (κ2) is 7.04. The maximum absolute atomic E-state index is 13.7. The topological polar surface area (TPSA) is 55.4 Å². The highest BCUT2D eigenvalue weighted by molar-refractivity contribution is 6.30. The van der Waals surface area contributed by atoms with Gasteiger partial charge in [-0.25, -0.2) is 9.18 Å². The maximum Gasteiger partial charge on any atom is 0.337 e. The van der Waals surface area contributed by atoms with Crippen molar-refractivity contribution >= 4 is 29.2 Å². The summed E-state index contributed by atoms with van der Waals surface area (Å²) >= 11 is 5.77. The van der Waals surface area contributed by atoms with E-state index < -0.39 is 17.7 Å². The number of nitrogens with one attached hydrogen (secondary N) is 1. The lowest BCUT2D eigenvalue weighted by molar-refractivity contribution is -0.115. The highest BCUT2D eigenvalue weighted by Gasteiger charge is 2.12. The summed E-state index contributed by atoms with van der Waals surface area (Å²) in [6.07, 6.45) is 0.0685. The Morgan fingerprint density at radius 1 is 1.18 bits per heavy atom. The number of benzene rings is 2. The van der Waals surface area contributed by atoms with Gasteiger partial charge in [-0.2, -0.15) is 0 Å². The molecule has 6 heteroatoms.